The summed E-state index contributed by atoms with van der Waals surface area (Å²) in [5.41, 5.74) is 2.19. The van der Waals surface area contributed by atoms with Gasteiger partial charge in [-0.05, 0) is 44.5 Å². The minimum Gasteiger partial charge on any atom is -0.462 e. The van der Waals surface area contributed by atoms with Crippen LogP contribution in [-0.4, -0.2) is 29.5 Å². The van der Waals surface area contributed by atoms with Crippen molar-refractivity contribution in [3.8, 4) is 10.4 Å². The summed E-state index contributed by atoms with van der Waals surface area (Å²) in [6.07, 6.45) is 1.72. The molecule has 2 atom stereocenters. The van der Waals surface area contributed by atoms with E-state index in [0.717, 1.165) is 16.1 Å². The van der Waals surface area contributed by atoms with Crippen molar-refractivity contribution in [2.45, 2.75) is 32.9 Å². The van der Waals surface area contributed by atoms with Gasteiger partial charge in [0.1, 0.15) is 5.00 Å². The monoisotopic (exact) mass is 423 g/mol. The molecule has 1 aromatic carbocycles. The summed E-state index contributed by atoms with van der Waals surface area (Å²) in [5.74, 6) is -0.682. The molecule has 0 saturated heterocycles. The second-order valence-electron chi connectivity index (χ2n) is 6.79. The van der Waals surface area contributed by atoms with Gasteiger partial charge in [0.15, 0.2) is 0 Å². The first-order valence-electron chi connectivity index (χ1n) is 9.83. The number of benzene rings is 1. The van der Waals surface area contributed by atoms with Gasteiger partial charge in [-0.3, -0.25) is 15.1 Å². The van der Waals surface area contributed by atoms with Crippen LogP contribution in [0.4, 0.5) is 5.00 Å². The third-order valence-corrected chi connectivity index (χ3v) is 5.65. The van der Waals surface area contributed by atoms with Crippen LogP contribution < -0.4 is 10.6 Å². The van der Waals surface area contributed by atoms with Gasteiger partial charge in [0.25, 0.3) is 0 Å². The van der Waals surface area contributed by atoms with E-state index in [4.69, 9.17) is 4.74 Å². The lowest BCUT2D eigenvalue weighted by Gasteiger charge is -2.19. The van der Waals surface area contributed by atoms with Gasteiger partial charge in [0.2, 0.25) is 5.91 Å². The van der Waals surface area contributed by atoms with E-state index >= 15 is 0 Å². The Morgan fingerprint density at radius 1 is 1.10 bits per heavy atom. The number of hydrogen-bond donors (Lipinski definition) is 2. The Labute approximate surface area is 180 Å². The molecule has 1 amide bonds. The predicted molar refractivity (Wildman–Crippen MR) is 120 cm³/mol. The smallest absolute Gasteiger partial charge is 0.341 e. The van der Waals surface area contributed by atoms with Gasteiger partial charge in [-0.1, -0.05) is 36.4 Å². The molecule has 0 saturated carbocycles. The molecule has 2 unspecified atom stereocenters. The highest BCUT2D eigenvalue weighted by Crippen LogP contribution is 2.36. The molecule has 2 heterocycles. The van der Waals surface area contributed by atoms with Crippen LogP contribution in [-0.2, 0) is 9.53 Å². The molecule has 7 heteroatoms. The molecule has 30 heavy (non-hydrogen) atoms. The largest absolute Gasteiger partial charge is 0.462 e. The number of nitrogens with zero attached hydrogens (tertiary/aromatic N) is 1. The Kier molecular flexibility index (Phi) is 7.32. The Morgan fingerprint density at radius 3 is 2.50 bits per heavy atom. The first kappa shape index (κ1) is 21.7. The third kappa shape index (κ3) is 5.31. The number of esters is 1. The molecule has 2 N–H and O–H groups in total. The molecule has 0 fully saturated rings. The first-order valence-corrected chi connectivity index (χ1v) is 10.7. The van der Waals surface area contributed by atoms with Crippen molar-refractivity contribution in [1.29, 1.82) is 0 Å². The number of pyridine rings is 1. The van der Waals surface area contributed by atoms with E-state index in [1.807, 2.05) is 55.5 Å². The quantitative estimate of drug-likeness (QED) is 0.515. The van der Waals surface area contributed by atoms with Crippen molar-refractivity contribution in [3.05, 3.63) is 72.1 Å². The lowest BCUT2D eigenvalue weighted by Crippen LogP contribution is -2.39. The van der Waals surface area contributed by atoms with Crippen LogP contribution in [0.3, 0.4) is 0 Å². The summed E-state index contributed by atoms with van der Waals surface area (Å²) in [5, 5.41) is 6.62. The Balaban J connectivity index is 1.77. The average molecular weight is 424 g/mol. The van der Waals surface area contributed by atoms with Gasteiger partial charge in [0.05, 0.1) is 23.9 Å². The summed E-state index contributed by atoms with van der Waals surface area (Å²) in [4.78, 5) is 30.5. The number of nitrogens with one attached hydrogen (secondary N) is 2. The minimum atomic E-state index is -0.487. The number of anilines is 1. The number of aromatic nitrogens is 1. The summed E-state index contributed by atoms with van der Waals surface area (Å²) < 4.78 is 5.17. The lowest BCUT2D eigenvalue weighted by molar-refractivity contribution is -0.117. The van der Waals surface area contributed by atoms with Gasteiger partial charge in [-0.15, -0.1) is 11.3 Å². The summed E-state index contributed by atoms with van der Waals surface area (Å²) in [7, 11) is 0. The van der Waals surface area contributed by atoms with E-state index in [2.05, 4.69) is 15.6 Å². The molecule has 3 rings (SSSR count). The van der Waals surface area contributed by atoms with Crippen molar-refractivity contribution < 1.29 is 14.3 Å². The maximum Gasteiger partial charge on any atom is 0.341 e. The van der Waals surface area contributed by atoms with Crippen molar-refractivity contribution in [2.24, 2.45) is 0 Å². The van der Waals surface area contributed by atoms with Crippen molar-refractivity contribution in [3.63, 3.8) is 0 Å². The molecule has 0 bridgehead atoms. The van der Waals surface area contributed by atoms with E-state index in [0.29, 0.717) is 10.6 Å². The Morgan fingerprint density at radius 2 is 1.83 bits per heavy atom. The standard InChI is InChI=1S/C23H25N3O3S/c1-4-29-23(28)18-14-20(17-10-6-5-7-11-17)30-22(18)26-21(27)16(3)25-15(2)19-12-8-9-13-24-19/h5-16,25H,4H2,1-3H3,(H,26,27). The maximum absolute atomic E-state index is 12.8. The van der Waals surface area contributed by atoms with Crippen LogP contribution in [0.2, 0.25) is 0 Å². The van der Waals surface area contributed by atoms with Crippen molar-refractivity contribution >= 4 is 28.2 Å². The highest BCUT2D eigenvalue weighted by Gasteiger charge is 2.23. The summed E-state index contributed by atoms with van der Waals surface area (Å²) >= 11 is 1.35. The zero-order valence-electron chi connectivity index (χ0n) is 17.2. The minimum absolute atomic E-state index is 0.0975. The molecule has 3 aromatic rings. The molecule has 0 aliphatic rings. The van der Waals surface area contributed by atoms with E-state index < -0.39 is 12.0 Å². The fraction of sp³-hybridized carbons (Fsp3) is 0.261. The SMILES string of the molecule is CCOC(=O)c1cc(-c2ccccc2)sc1NC(=O)C(C)NC(C)c1ccccn1. The predicted octanol–water partition coefficient (Wildman–Crippen LogP) is 4.66. The van der Waals surface area contributed by atoms with E-state index in [1.165, 1.54) is 11.3 Å². The number of carbonyl (C=O) groups excluding carboxylic acids is 2. The van der Waals surface area contributed by atoms with Gasteiger partial charge in [0, 0.05) is 17.1 Å². The number of rotatable bonds is 8. The van der Waals surface area contributed by atoms with Gasteiger partial charge in [-0.25, -0.2) is 4.79 Å². The van der Waals surface area contributed by atoms with Crippen LogP contribution in [0, 0.1) is 0 Å². The fourth-order valence-corrected chi connectivity index (χ4v) is 4.03. The molecule has 0 aliphatic carbocycles. The lowest BCUT2D eigenvalue weighted by atomic mass is 10.1. The van der Waals surface area contributed by atoms with E-state index in [1.54, 1.807) is 26.1 Å². The van der Waals surface area contributed by atoms with Gasteiger partial charge >= 0.3 is 5.97 Å². The Bertz CT molecular complexity index is 989. The van der Waals surface area contributed by atoms with E-state index in [9.17, 15) is 9.59 Å². The average Bonchev–Trinajstić information content (AvgIpc) is 3.19. The normalized spacial score (nSPS) is 12.8. The highest BCUT2D eigenvalue weighted by atomic mass is 32.1. The number of thiophene rings is 1. The van der Waals surface area contributed by atoms with Crippen LogP contribution >= 0.6 is 11.3 Å². The molecule has 156 valence electrons. The topological polar surface area (TPSA) is 80.3 Å². The van der Waals surface area contributed by atoms with Crippen LogP contribution in [0.25, 0.3) is 10.4 Å². The van der Waals surface area contributed by atoms with Crippen LogP contribution in [0.1, 0.15) is 42.9 Å². The zero-order valence-corrected chi connectivity index (χ0v) is 18.0. The molecule has 0 spiro atoms. The number of amides is 1. The summed E-state index contributed by atoms with van der Waals surface area (Å²) in [6, 6.07) is 16.6. The van der Waals surface area contributed by atoms with Gasteiger partial charge in [-0.2, -0.15) is 0 Å². The van der Waals surface area contributed by atoms with Crippen molar-refractivity contribution in [2.75, 3.05) is 11.9 Å². The van der Waals surface area contributed by atoms with Crippen molar-refractivity contribution in [1.82, 2.24) is 10.3 Å². The molecule has 6 nitrogen and oxygen atoms in total. The second kappa shape index (κ2) is 10.1. The molecule has 2 aromatic heterocycles. The molecular formula is C23H25N3O3S. The maximum atomic E-state index is 12.8. The second-order valence-corrected chi connectivity index (χ2v) is 7.85. The number of hydrogen-bond acceptors (Lipinski definition) is 6. The van der Waals surface area contributed by atoms with Gasteiger partial charge < -0.3 is 10.1 Å². The number of carbonyl (C=O) groups is 2. The zero-order chi connectivity index (χ0) is 21.5. The summed E-state index contributed by atoms with van der Waals surface area (Å²) in [6.45, 7) is 5.76. The van der Waals surface area contributed by atoms with E-state index in [-0.39, 0.29) is 18.6 Å². The molecular weight excluding hydrogens is 398 g/mol. The highest BCUT2D eigenvalue weighted by molar-refractivity contribution is 7.20. The fourth-order valence-electron chi connectivity index (χ4n) is 2.98. The number of ether oxygens (including phenoxy) is 1. The molecule has 0 radical (unpaired) electrons. The first-order chi connectivity index (χ1) is 14.5. The van der Waals surface area contributed by atoms with Crippen LogP contribution in [0.15, 0.2) is 60.8 Å². The Hall–Kier alpha value is -3.03. The van der Waals surface area contributed by atoms with Crippen LogP contribution in [0.5, 0.6) is 0 Å². The third-order valence-electron chi connectivity index (χ3n) is 4.55. The molecule has 0 aliphatic heterocycles.